The number of amides is 1. The molecule has 0 unspecified atom stereocenters. The number of hydrogen-bond donors (Lipinski definition) is 2. The Hall–Kier alpha value is -3.53. The molecule has 10 heteroatoms. The van der Waals surface area contributed by atoms with E-state index in [9.17, 15) is 4.79 Å². The Labute approximate surface area is 185 Å². The third kappa shape index (κ3) is 4.13. The Kier molecular flexibility index (Phi) is 5.22. The maximum absolute atomic E-state index is 12.5. The lowest BCUT2D eigenvalue weighted by atomic mass is 10.1. The maximum Gasteiger partial charge on any atom is 0.282 e. The number of rotatable bonds is 3. The van der Waals surface area contributed by atoms with Gasteiger partial charge in [0.2, 0.25) is 5.91 Å². The normalized spacial score (nSPS) is 20.5. The molecule has 1 saturated heterocycles. The molecular formula is C22H26N8O2. The van der Waals surface area contributed by atoms with Crippen LogP contribution < -0.4 is 16.4 Å². The van der Waals surface area contributed by atoms with Crippen molar-refractivity contribution in [3.8, 4) is 0 Å². The molecule has 10 nitrogen and oxygen atoms in total. The number of anilines is 1. The molecule has 32 heavy (non-hydrogen) atoms. The van der Waals surface area contributed by atoms with Crippen LogP contribution in [0.25, 0.3) is 16.7 Å². The largest absolute Gasteiger partial charge is 0.461 e. The molecule has 0 bridgehead atoms. The SMILES string of the molecule is NC1=NCC=C(c2ccc3ncc(N4CCN(C(=O)C5(N)CC5)CC4)nc3n2)C=CCO1. The van der Waals surface area contributed by atoms with Crippen molar-refractivity contribution in [1.29, 1.82) is 0 Å². The number of nitrogens with two attached hydrogens (primary N) is 2. The number of aliphatic imine (C=N–C) groups is 1. The predicted molar refractivity (Wildman–Crippen MR) is 122 cm³/mol. The average Bonchev–Trinajstić information content (AvgIpc) is 3.55. The van der Waals surface area contributed by atoms with Gasteiger partial charge in [-0.1, -0.05) is 12.2 Å². The van der Waals surface area contributed by atoms with Crippen molar-refractivity contribution in [2.75, 3.05) is 44.2 Å². The monoisotopic (exact) mass is 434 g/mol. The van der Waals surface area contributed by atoms with Gasteiger partial charge in [-0.05, 0) is 36.6 Å². The van der Waals surface area contributed by atoms with Gasteiger partial charge >= 0.3 is 0 Å². The second-order valence-corrected chi connectivity index (χ2v) is 8.25. The summed E-state index contributed by atoms with van der Waals surface area (Å²) >= 11 is 0. The quantitative estimate of drug-likeness (QED) is 0.711. The van der Waals surface area contributed by atoms with Crippen LogP contribution in [0.2, 0.25) is 0 Å². The molecule has 0 atom stereocenters. The van der Waals surface area contributed by atoms with E-state index in [1.807, 2.05) is 35.3 Å². The molecule has 2 fully saturated rings. The van der Waals surface area contributed by atoms with Crippen LogP contribution in [0.15, 0.2) is 41.6 Å². The summed E-state index contributed by atoms with van der Waals surface area (Å²) in [5.74, 6) is 0.828. The highest BCUT2D eigenvalue weighted by Crippen LogP contribution is 2.34. The van der Waals surface area contributed by atoms with Crippen LogP contribution in [0.4, 0.5) is 5.82 Å². The molecule has 1 saturated carbocycles. The lowest BCUT2D eigenvalue weighted by Crippen LogP contribution is -2.54. The Morgan fingerprint density at radius 2 is 1.94 bits per heavy atom. The second-order valence-electron chi connectivity index (χ2n) is 8.25. The van der Waals surface area contributed by atoms with Crippen molar-refractivity contribution in [3.63, 3.8) is 0 Å². The van der Waals surface area contributed by atoms with Crippen molar-refractivity contribution in [3.05, 3.63) is 42.3 Å². The Morgan fingerprint density at radius 1 is 1.12 bits per heavy atom. The van der Waals surface area contributed by atoms with Gasteiger partial charge in [-0.25, -0.2) is 19.9 Å². The topological polar surface area (TPSA) is 136 Å². The molecule has 5 rings (SSSR count). The predicted octanol–water partition coefficient (Wildman–Crippen LogP) is 0.449. The highest BCUT2D eigenvalue weighted by atomic mass is 16.5. The van der Waals surface area contributed by atoms with Gasteiger partial charge in [-0.3, -0.25) is 4.79 Å². The number of piperazine rings is 1. The fourth-order valence-corrected chi connectivity index (χ4v) is 3.85. The zero-order valence-corrected chi connectivity index (χ0v) is 17.8. The van der Waals surface area contributed by atoms with Crippen LogP contribution in [-0.2, 0) is 9.53 Å². The molecule has 2 aromatic heterocycles. The van der Waals surface area contributed by atoms with Gasteiger partial charge in [-0.2, -0.15) is 0 Å². The Bertz CT molecular complexity index is 1130. The molecule has 0 radical (unpaired) electrons. The lowest BCUT2D eigenvalue weighted by molar-refractivity contribution is -0.133. The molecule has 4 heterocycles. The first-order valence-electron chi connectivity index (χ1n) is 10.8. The zero-order valence-electron chi connectivity index (χ0n) is 17.8. The van der Waals surface area contributed by atoms with E-state index in [1.165, 1.54) is 0 Å². The fraction of sp³-hybridized carbons (Fsp3) is 0.409. The van der Waals surface area contributed by atoms with Gasteiger partial charge in [0.1, 0.15) is 17.9 Å². The number of pyridine rings is 1. The van der Waals surface area contributed by atoms with E-state index in [1.54, 1.807) is 6.20 Å². The standard InChI is InChI=1S/C22H26N8O2/c23-21-25-8-5-15(2-1-13-32-21)16-3-4-17-19(27-16)28-18(14-26-17)29-9-11-30(12-10-29)20(31)22(24)6-7-22/h1-5,14H,6-13,24H2,(H2,23,25). The summed E-state index contributed by atoms with van der Waals surface area (Å²) in [7, 11) is 0. The van der Waals surface area contributed by atoms with E-state index in [0.717, 1.165) is 35.4 Å². The first kappa shape index (κ1) is 20.4. The van der Waals surface area contributed by atoms with Gasteiger partial charge in [-0.15, -0.1) is 0 Å². The van der Waals surface area contributed by atoms with Crippen LogP contribution in [-0.4, -0.2) is 76.7 Å². The van der Waals surface area contributed by atoms with Gasteiger partial charge in [0, 0.05) is 26.2 Å². The number of carbonyl (C=O) groups excluding carboxylic acids is 1. The molecule has 0 spiro atoms. The molecule has 1 amide bonds. The number of nitrogens with zero attached hydrogens (tertiary/aromatic N) is 6. The van der Waals surface area contributed by atoms with E-state index in [4.69, 9.17) is 26.2 Å². The highest BCUT2D eigenvalue weighted by molar-refractivity contribution is 5.89. The van der Waals surface area contributed by atoms with Crippen molar-refractivity contribution in [2.45, 2.75) is 18.4 Å². The summed E-state index contributed by atoms with van der Waals surface area (Å²) in [6.45, 7) is 3.40. The second kappa shape index (κ2) is 8.19. The van der Waals surface area contributed by atoms with Gasteiger partial charge in [0.15, 0.2) is 5.65 Å². The first-order chi connectivity index (χ1) is 15.5. The summed E-state index contributed by atoms with van der Waals surface area (Å²) in [5.41, 5.74) is 14.1. The minimum absolute atomic E-state index is 0.0703. The minimum atomic E-state index is -0.617. The molecule has 2 aromatic rings. The van der Waals surface area contributed by atoms with Crippen LogP contribution in [0.1, 0.15) is 18.5 Å². The molecule has 0 aromatic carbocycles. The highest BCUT2D eigenvalue weighted by Gasteiger charge is 2.48. The molecular weight excluding hydrogens is 408 g/mol. The number of fused-ring (bicyclic) bond motifs is 1. The Balaban J connectivity index is 1.34. The van der Waals surface area contributed by atoms with E-state index in [0.29, 0.717) is 45.0 Å². The smallest absolute Gasteiger partial charge is 0.282 e. The molecule has 166 valence electrons. The van der Waals surface area contributed by atoms with Crippen molar-refractivity contribution >= 4 is 34.5 Å². The third-order valence-corrected chi connectivity index (χ3v) is 5.98. The Morgan fingerprint density at radius 3 is 2.72 bits per heavy atom. The van der Waals surface area contributed by atoms with E-state index in [2.05, 4.69) is 14.9 Å². The maximum atomic E-state index is 12.5. The van der Waals surface area contributed by atoms with Crippen LogP contribution >= 0.6 is 0 Å². The number of allylic oxidation sites excluding steroid dienone is 2. The molecule has 2 aliphatic heterocycles. The number of hydrogen-bond acceptors (Lipinski definition) is 9. The molecule has 3 aliphatic rings. The van der Waals surface area contributed by atoms with E-state index >= 15 is 0 Å². The van der Waals surface area contributed by atoms with Crippen LogP contribution in [0, 0.1) is 0 Å². The number of carbonyl (C=O) groups is 1. The number of aromatic nitrogens is 3. The fourth-order valence-electron chi connectivity index (χ4n) is 3.85. The number of ether oxygens (including phenoxy) is 1. The van der Waals surface area contributed by atoms with E-state index in [-0.39, 0.29) is 11.9 Å². The van der Waals surface area contributed by atoms with Gasteiger partial charge in [0.25, 0.3) is 6.02 Å². The number of amidine groups is 1. The van der Waals surface area contributed by atoms with Gasteiger partial charge in [0.05, 0.1) is 24.0 Å². The minimum Gasteiger partial charge on any atom is -0.461 e. The van der Waals surface area contributed by atoms with E-state index < -0.39 is 5.54 Å². The summed E-state index contributed by atoms with van der Waals surface area (Å²) < 4.78 is 5.27. The van der Waals surface area contributed by atoms with Crippen LogP contribution in [0.3, 0.4) is 0 Å². The average molecular weight is 435 g/mol. The van der Waals surface area contributed by atoms with Crippen molar-refractivity contribution in [1.82, 2.24) is 19.9 Å². The summed E-state index contributed by atoms with van der Waals surface area (Å²) in [5, 5.41) is 0. The van der Waals surface area contributed by atoms with Crippen LogP contribution in [0.5, 0.6) is 0 Å². The molecule has 1 aliphatic carbocycles. The molecule has 4 N–H and O–H groups in total. The third-order valence-electron chi connectivity index (χ3n) is 5.98. The van der Waals surface area contributed by atoms with Crippen molar-refractivity contribution in [2.24, 2.45) is 16.5 Å². The van der Waals surface area contributed by atoms with Gasteiger partial charge < -0.3 is 26.0 Å². The lowest BCUT2D eigenvalue weighted by Gasteiger charge is -2.36. The van der Waals surface area contributed by atoms with Crippen molar-refractivity contribution < 1.29 is 9.53 Å². The summed E-state index contributed by atoms with van der Waals surface area (Å²) in [6, 6.07) is 4.01. The zero-order chi connectivity index (χ0) is 22.1. The first-order valence-corrected chi connectivity index (χ1v) is 10.8. The summed E-state index contributed by atoms with van der Waals surface area (Å²) in [6.07, 6.45) is 9.11. The summed E-state index contributed by atoms with van der Waals surface area (Å²) in [4.78, 5) is 34.7.